The third-order valence-corrected chi connectivity index (χ3v) is 0. The molecule has 68 nitrogen and oxygen atoms in total. The van der Waals surface area contributed by atoms with Crippen LogP contribution in [0.5, 0.6) is 0 Å². The SMILES string of the molecule is O=S(=O)([O-])[O-].O=S(=O)([O-])[O-].O=S(=O)([O-])[O-].O=S(=O)([O-])[O-].O=S(=O)([O-])[O-].O=S(=O)([O-])[O-].O=S(=O)([O-])[O-].O=S(=O)([O-])[O-].O=S(=O)([O-])[O-].O=S(=O)([O-])[O-].O=S(=O)([O-])[O-].O=S(=O)([O-])[O-].O=S(=O)([O-])[O-].O=S(=O)([O-])[O-].O=S(=O)([O-])[O-].O=S(=O)([O-])[O-].O=S(=O)([O-])[O-].[Cu+2].[Cu+2].[Cu+2].[Cu+2].[Cu+2].[Cu+2].[Cu+2].[Cu+2].[Cu+2].[Cu+2].[Cu+2].[Cu+2].[Cu+2].[Cu+2]. The predicted octanol–water partition coefficient (Wildman–Crippen LogP) is -22.8. The third-order valence-electron chi connectivity index (χ3n) is 0. The minimum atomic E-state index is -5.17. The molecule has 0 aliphatic rings. The van der Waals surface area contributed by atoms with Gasteiger partial charge in [-0.15, -0.1) is 0 Å². The molecule has 0 aromatic heterocycles. The monoisotopic (exact) mass is 2510 g/mol. The molecule has 670 valence electrons. The van der Waals surface area contributed by atoms with E-state index in [9.17, 15) is 0 Å². The van der Waals surface area contributed by atoms with Gasteiger partial charge in [0.2, 0.25) is 0 Å². The van der Waals surface area contributed by atoms with Crippen LogP contribution in [-0.2, 0) is 416 Å². The first-order valence-electron chi connectivity index (χ1n) is 11.3. The van der Waals surface area contributed by atoms with Crippen molar-refractivity contribution in [2.45, 2.75) is 0 Å². The van der Waals surface area contributed by atoms with E-state index in [1.807, 2.05) is 0 Å². The number of rotatable bonds is 0. The Morgan fingerprint density at radius 2 is 0.0707 bits per heavy atom. The first-order valence-corrected chi connectivity index (χ1v) is 34.0. The topological polar surface area (TPSA) is 1360 Å². The van der Waals surface area contributed by atoms with Crippen LogP contribution < -0.4 is 0 Å². The fourth-order valence-corrected chi connectivity index (χ4v) is 0. The third kappa shape index (κ3) is 41100. The van der Waals surface area contributed by atoms with Gasteiger partial charge in [-0.05, 0) is 0 Å². The molecule has 0 saturated heterocycles. The van der Waals surface area contributed by atoms with Gasteiger partial charge in [0, 0.05) is 177 Å². The molecule has 0 unspecified atom stereocenters. The van der Waals surface area contributed by atoms with Gasteiger partial charge in [-0.1, -0.05) is 0 Å². The van der Waals surface area contributed by atoms with Crippen molar-refractivity contribution in [2.24, 2.45) is 0 Å². The Bertz CT molecular complexity index is 2580. The molecule has 0 fully saturated rings. The fraction of sp³-hybridized carbons (Fsp3) is 0. The second kappa shape index (κ2) is 93.7. The summed E-state index contributed by atoms with van der Waals surface area (Å²) in [6.45, 7) is 0. The molecular weight excluding hydrogens is 2520 g/mol. The summed E-state index contributed by atoms with van der Waals surface area (Å²) in [6.07, 6.45) is 0. The molecule has 0 aliphatic carbocycles. The van der Waals surface area contributed by atoms with E-state index in [1.165, 1.54) is 0 Å². The summed E-state index contributed by atoms with van der Waals surface area (Å²) >= 11 is 0. The van der Waals surface area contributed by atoms with Crippen molar-refractivity contribution >= 4 is 177 Å². The van der Waals surface area contributed by atoms with Crippen molar-refractivity contribution in [2.75, 3.05) is 0 Å². The Labute approximate surface area is 704 Å². The largest absolute Gasteiger partial charge is 2.00 e. The summed E-state index contributed by atoms with van der Waals surface area (Å²) < 4.78 is 579. The van der Waals surface area contributed by atoms with Crippen molar-refractivity contribution in [1.82, 2.24) is 0 Å². The normalized spacial score (nSPS) is 9.96. The maximum Gasteiger partial charge on any atom is 2.00 e. The number of hydrogen-bond donors (Lipinski definition) is 0. The smallest absolute Gasteiger partial charge is 0.759 e. The van der Waals surface area contributed by atoms with Gasteiger partial charge < -0.3 is 155 Å². The van der Waals surface area contributed by atoms with Crippen LogP contribution >= 0.6 is 0 Å². The summed E-state index contributed by atoms with van der Waals surface area (Å²) in [5.41, 5.74) is 0. The van der Waals surface area contributed by atoms with Crippen molar-refractivity contribution in [3.63, 3.8) is 0 Å². The Morgan fingerprint density at radius 1 is 0.0707 bits per heavy atom. The van der Waals surface area contributed by atoms with E-state index in [2.05, 4.69) is 0 Å². The van der Waals surface area contributed by atoms with Crippen LogP contribution in [0, 0.1) is 0 Å². The Balaban J connectivity index is -0.0000000170. The maximum absolute atomic E-state index is 8.52. The molecule has 0 spiro atoms. The van der Waals surface area contributed by atoms with Gasteiger partial charge in [0.25, 0.3) is 0 Å². The van der Waals surface area contributed by atoms with Gasteiger partial charge in [-0.2, -0.15) is 0 Å². The molecule has 0 amide bonds. The van der Waals surface area contributed by atoms with Crippen LogP contribution in [0.4, 0.5) is 0 Å². The summed E-state index contributed by atoms with van der Waals surface area (Å²) in [6, 6.07) is 0. The van der Waals surface area contributed by atoms with E-state index >= 15 is 0 Å². The van der Waals surface area contributed by atoms with E-state index in [1.54, 1.807) is 0 Å². The Hall–Kier alpha value is 5.06. The zero-order chi connectivity index (χ0) is 76.5. The van der Waals surface area contributed by atoms with E-state index < -0.39 is 177 Å². The zero-order valence-corrected chi connectivity index (χ0v) is 66.0. The molecule has 14 radical (unpaired) electrons. The van der Waals surface area contributed by atoms with Crippen LogP contribution in [0.15, 0.2) is 0 Å². The molecule has 99 heteroatoms. The van der Waals surface area contributed by atoms with Gasteiger partial charge in [0.15, 0.2) is 0 Å². The summed E-state index contributed by atoms with van der Waals surface area (Å²) in [7, 11) is -87.8. The zero-order valence-electron chi connectivity index (χ0n) is 38.9. The molecule has 0 N–H and O–H groups in total. The second-order valence-electron chi connectivity index (χ2n) is 6.94. The standard InChI is InChI=1S/14Cu.17H2O4S/c;;;;;;;;;;;;;;17*1-5(2,3)4/h;;;;;;;;;;;;;;17*(H2,1,2,3,4)/q14*+2;;;;;;;;;;;;;;;;;/p-34. The van der Waals surface area contributed by atoms with Crippen LogP contribution in [0.2, 0.25) is 0 Å². The summed E-state index contributed by atoms with van der Waals surface area (Å²) in [5, 5.41) is 0. The average Bonchev–Trinajstić information content (AvgIpc) is 2.75. The number of hydrogen-bond acceptors (Lipinski definition) is 68. The van der Waals surface area contributed by atoms with Crippen molar-refractivity contribution in [3.8, 4) is 0 Å². The van der Waals surface area contributed by atoms with Crippen LogP contribution in [0.3, 0.4) is 0 Å². The van der Waals surface area contributed by atoms with Crippen molar-refractivity contribution < 1.29 is 537 Å². The van der Waals surface area contributed by atoms with Gasteiger partial charge in [0.1, 0.15) is 0 Å². The van der Waals surface area contributed by atoms with Crippen molar-refractivity contribution in [1.29, 1.82) is 0 Å². The first-order chi connectivity index (χ1) is 34.0. The fourth-order valence-electron chi connectivity index (χ4n) is 0. The second-order valence-corrected chi connectivity index (χ2v) is 20.8. The molecule has 0 aromatic rings. The summed E-state index contributed by atoms with van der Waals surface area (Å²) in [4.78, 5) is 0. The Kier molecular flexibility index (Phi) is 196. The van der Waals surface area contributed by atoms with Crippen molar-refractivity contribution in [3.05, 3.63) is 0 Å². The van der Waals surface area contributed by atoms with Gasteiger partial charge >= 0.3 is 239 Å². The molecule has 0 heterocycles. The minimum absolute atomic E-state index is 0. The average molecular weight is 2520 g/mol. The van der Waals surface area contributed by atoms with Crippen LogP contribution in [0.1, 0.15) is 0 Å². The Morgan fingerprint density at radius 3 is 0.0707 bits per heavy atom. The summed E-state index contributed by atoms with van der Waals surface area (Å²) in [5.74, 6) is 0. The molecular formula is Cu14O68S17-6. The van der Waals surface area contributed by atoms with E-state index in [0.717, 1.165) is 0 Å². The van der Waals surface area contributed by atoms with Crippen LogP contribution in [-0.4, -0.2) is 298 Å². The predicted molar refractivity (Wildman–Crippen MR) is 178 cm³/mol. The molecule has 0 aliphatic heterocycles. The van der Waals surface area contributed by atoms with Gasteiger partial charge in [-0.3, -0.25) is 143 Å². The van der Waals surface area contributed by atoms with E-state index in [0.29, 0.717) is 0 Å². The maximum atomic E-state index is 8.52. The van der Waals surface area contributed by atoms with E-state index in [4.69, 9.17) is 298 Å². The molecule has 0 atom stereocenters. The molecule has 99 heavy (non-hydrogen) atoms. The van der Waals surface area contributed by atoms with Gasteiger partial charge in [-0.25, -0.2) is 0 Å². The van der Waals surface area contributed by atoms with Crippen LogP contribution in [0.25, 0.3) is 0 Å². The molecule has 0 bridgehead atoms. The molecule has 0 rings (SSSR count). The van der Waals surface area contributed by atoms with E-state index in [-0.39, 0.29) is 239 Å². The molecule has 0 saturated carbocycles. The first kappa shape index (κ1) is 207. The van der Waals surface area contributed by atoms with Gasteiger partial charge in [0.05, 0.1) is 0 Å². The molecule has 0 aromatic carbocycles. The minimum Gasteiger partial charge on any atom is -0.759 e. The quantitative estimate of drug-likeness (QED) is 0.123.